The molecule has 4 rings (SSSR count). The minimum atomic E-state index is -0.568. The molecular formula is C25H25N3O3. The van der Waals surface area contributed by atoms with Crippen molar-refractivity contribution in [2.45, 2.75) is 26.2 Å². The molecule has 2 aromatic heterocycles. The van der Waals surface area contributed by atoms with Crippen molar-refractivity contribution in [3.63, 3.8) is 0 Å². The van der Waals surface area contributed by atoms with Gasteiger partial charge in [-0.05, 0) is 41.6 Å². The second-order valence-electron chi connectivity index (χ2n) is 7.45. The Balaban J connectivity index is 1.76. The first-order chi connectivity index (χ1) is 15.1. The standard InChI is InChI=1S/C25H25N3O3/c1-3-5-22-21-13-19(31-2)10-11-20(21)17(14-26-22)12-18-9-8-16-6-4-7-23(25(16)27-18)28-24(30)15-29/h4,6-11,13-14,29H,3,5,12,15H2,1-2H3,(H,28,30). The third-order valence-electron chi connectivity index (χ3n) is 5.31. The van der Waals surface area contributed by atoms with Gasteiger partial charge in [-0.2, -0.15) is 0 Å². The molecule has 2 heterocycles. The number of hydrogen-bond acceptors (Lipinski definition) is 5. The fourth-order valence-electron chi connectivity index (χ4n) is 3.81. The van der Waals surface area contributed by atoms with Crippen LogP contribution in [0.2, 0.25) is 0 Å². The molecule has 0 aliphatic rings. The number of carbonyl (C=O) groups is 1. The van der Waals surface area contributed by atoms with Crippen molar-refractivity contribution in [1.82, 2.24) is 9.97 Å². The lowest BCUT2D eigenvalue weighted by Crippen LogP contribution is -2.15. The summed E-state index contributed by atoms with van der Waals surface area (Å²) in [5.41, 5.74) is 4.31. The van der Waals surface area contributed by atoms with Gasteiger partial charge >= 0.3 is 0 Å². The SMILES string of the molecule is CCCc1ncc(Cc2ccc3cccc(NC(=O)CO)c3n2)c2ccc(OC)cc12. The van der Waals surface area contributed by atoms with E-state index in [-0.39, 0.29) is 0 Å². The Kier molecular flexibility index (Phi) is 6.09. The summed E-state index contributed by atoms with van der Waals surface area (Å²) in [6.07, 6.45) is 4.48. The van der Waals surface area contributed by atoms with E-state index in [2.05, 4.69) is 18.3 Å². The predicted octanol–water partition coefficient (Wildman–Crippen LogP) is 4.27. The summed E-state index contributed by atoms with van der Waals surface area (Å²) in [7, 11) is 1.67. The van der Waals surface area contributed by atoms with E-state index in [4.69, 9.17) is 19.8 Å². The summed E-state index contributed by atoms with van der Waals surface area (Å²) in [4.78, 5) is 21.2. The second kappa shape index (κ2) is 9.10. The zero-order valence-electron chi connectivity index (χ0n) is 17.7. The number of amides is 1. The Morgan fingerprint density at radius 3 is 2.77 bits per heavy atom. The summed E-state index contributed by atoms with van der Waals surface area (Å²) >= 11 is 0. The number of nitrogens with one attached hydrogen (secondary N) is 1. The lowest BCUT2D eigenvalue weighted by molar-refractivity contribution is -0.118. The van der Waals surface area contributed by atoms with Gasteiger partial charge in [-0.1, -0.05) is 37.6 Å². The fraction of sp³-hybridized carbons (Fsp3) is 0.240. The summed E-state index contributed by atoms with van der Waals surface area (Å²) in [6.45, 7) is 1.58. The second-order valence-corrected chi connectivity index (χ2v) is 7.45. The smallest absolute Gasteiger partial charge is 0.250 e. The maximum absolute atomic E-state index is 11.7. The van der Waals surface area contributed by atoms with Crippen molar-refractivity contribution >= 4 is 33.3 Å². The number of rotatable bonds is 7. The lowest BCUT2D eigenvalue weighted by Gasteiger charge is -2.12. The molecule has 2 aromatic carbocycles. The summed E-state index contributed by atoms with van der Waals surface area (Å²) < 4.78 is 5.42. The molecule has 0 radical (unpaired) electrons. The Morgan fingerprint density at radius 1 is 1.13 bits per heavy atom. The van der Waals surface area contributed by atoms with Crippen molar-refractivity contribution in [3.05, 3.63) is 71.7 Å². The van der Waals surface area contributed by atoms with Crippen LogP contribution in [0.1, 0.15) is 30.3 Å². The van der Waals surface area contributed by atoms with E-state index in [1.165, 1.54) is 0 Å². The van der Waals surface area contributed by atoms with Gasteiger partial charge in [0, 0.05) is 34.8 Å². The molecule has 0 fully saturated rings. The predicted molar refractivity (Wildman–Crippen MR) is 123 cm³/mol. The van der Waals surface area contributed by atoms with E-state index in [1.807, 2.05) is 42.6 Å². The molecule has 6 heteroatoms. The van der Waals surface area contributed by atoms with Gasteiger partial charge in [-0.15, -0.1) is 0 Å². The number of para-hydroxylation sites is 1. The quantitative estimate of drug-likeness (QED) is 0.471. The highest BCUT2D eigenvalue weighted by atomic mass is 16.5. The summed E-state index contributed by atoms with van der Waals surface area (Å²) in [5, 5.41) is 14.9. The van der Waals surface area contributed by atoms with Gasteiger partial charge < -0.3 is 15.2 Å². The molecule has 2 N–H and O–H groups in total. The van der Waals surface area contributed by atoms with Crippen LogP contribution in [0.15, 0.2) is 54.7 Å². The van der Waals surface area contributed by atoms with Gasteiger partial charge in [0.1, 0.15) is 12.4 Å². The number of aliphatic hydroxyl groups is 1. The normalized spacial score (nSPS) is 11.1. The molecule has 158 valence electrons. The topological polar surface area (TPSA) is 84.3 Å². The highest BCUT2D eigenvalue weighted by Gasteiger charge is 2.12. The summed E-state index contributed by atoms with van der Waals surface area (Å²) in [6, 6.07) is 15.7. The van der Waals surface area contributed by atoms with E-state index < -0.39 is 12.5 Å². The molecule has 6 nitrogen and oxygen atoms in total. The minimum Gasteiger partial charge on any atom is -0.497 e. The maximum atomic E-state index is 11.7. The molecule has 0 aliphatic carbocycles. The molecule has 0 saturated heterocycles. The average Bonchev–Trinajstić information content (AvgIpc) is 2.80. The average molecular weight is 415 g/mol. The zero-order chi connectivity index (χ0) is 21.8. The number of aliphatic hydroxyl groups excluding tert-OH is 1. The Morgan fingerprint density at radius 2 is 2.00 bits per heavy atom. The van der Waals surface area contributed by atoms with Crippen LogP contribution < -0.4 is 10.1 Å². The maximum Gasteiger partial charge on any atom is 0.250 e. The fourth-order valence-corrected chi connectivity index (χ4v) is 3.81. The number of nitrogens with zero attached hydrogens (tertiary/aromatic N) is 2. The van der Waals surface area contributed by atoms with Gasteiger partial charge in [-0.25, -0.2) is 0 Å². The molecule has 0 saturated carbocycles. The van der Waals surface area contributed by atoms with Crippen LogP contribution >= 0.6 is 0 Å². The number of aryl methyl sites for hydroxylation is 1. The number of benzene rings is 2. The van der Waals surface area contributed by atoms with Crippen LogP contribution in [0.5, 0.6) is 5.75 Å². The highest BCUT2D eigenvalue weighted by molar-refractivity contribution is 6.00. The zero-order valence-corrected chi connectivity index (χ0v) is 17.7. The van der Waals surface area contributed by atoms with Crippen LogP contribution in [0.4, 0.5) is 5.69 Å². The molecule has 4 aromatic rings. The minimum absolute atomic E-state index is 0.463. The molecule has 0 aliphatic heterocycles. The first-order valence-electron chi connectivity index (χ1n) is 10.4. The van der Waals surface area contributed by atoms with Gasteiger partial charge in [-0.3, -0.25) is 14.8 Å². The van der Waals surface area contributed by atoms with E-state index >= 15 is 0 Å². The Labute approximate surface area is 180 Å². The Bertz CT molecular complexity index is 1250. The van der Waals surface area contributed by atoms with Crippen LogP contribution in [0.3, 0.4) is 0 Å². The number of carbonyl (C=O) groups excluding carboxylic acids is 1. The van der Waals surface area contributed by atoms with Crippen LogP contribution in [0, 0.1) is 0 Å². The van der Waals surface area contributed by atoms with Crippen molar-refractivity contribution in [2.24, 2.45) is 0 Å². The number of ether oxygens (including phenoxy) is 1. The molecule has 31 heavy (non-hydrogen) atoms. The van der Waals surface area contributed by atoms with E-state index in [0.29, 0.717) is 17.6 Å². The van der Waals surface area contributed by atoms with Gasteiger partial charge in [0.05, 0.1) is 18.3 Å². The molecule has 0 spiro atoms. The van der Waals surface area contributed by atoms with Crippen molar-refractivity contribution in [1.29, 1.82) is 0 Å². The Hall–Kier alpha value is -3.51. The first-order valence-corrected chi connectivity index (χ1v) is 10.4. The van der Waals surface area contributed by atoms with Gasteiger partial charge in [0.2, 0.25) is 5.91 Å². The summed E-state index contributed by atoms with van der Waals surface area (Å²) in [5.74, 6) is 0.354. The number of pyridine rings is 2. The third-order valence-corrected chi connectivity index (χ3v) is 5.31. The van der Waals surface area contributed by atoms with E-state index in [0.717, 1.165) is 51.7 Å². The van der Waals surface area contributed by atoms with Gasteiger partial charge in [0.15, 0.2) is 0 Å². The van der Waals surface area contributed by atoms with Crippen LogP contribution in [-0.4, -0.2) is 34.7 Å². The van der Waals surface area contributed by atoms with Crippen LogP contribution in [-0.2, 0) is 17.6 Å². The number of methoxy groups -OCH3 is 1. The number of aromatic nitrogens is 2. The molecule has 1 amide bonds. The van der Waals surface area contributed by atoms with Gasteiger partial charge in [0.25, 0.3) is 0 Å². The first kappa shape index (κ1) is 20.8. The number of anilines is 1. The number of fused-ring (bicyclic) bond motifs is 2. The molecule has 0 atom stereocenters. The van der Waals surface area contributed by atoms with E-state index in [1.54, 1.807) is 13.2 Å². The largest absolute Gasteiger partial charge is 0.497 e. The lowest BCUT2D eigenvalue weighted by atomic mass is 9.99. The molecule has 0 bridgehead atoms. The number of hydrogen-bond donors (Lipinski definition) is 2. The van der Waals surface area contributed by atoms with Crippen molar-refractivity contribution < 1.29 is 14.6 Å². The molecule has 0 unspecified atom stereocenters. The highest BCUT2D eigenvalue weighted by Crippen LogP contribution is 2.29. The van der Waals surface area contributed by atoms with Crippen molar-refractivity contribution in [2.75, 3.05) is 19.0 Å². The monoisotopic (exact) mass is 415 g/mol. The van der Waals surface area contributed by atoms with E-state index in [9.17, 15) is 4.79 Å². The third kappa shape index (κ3) is 4.34. The van der Waals surface area contributed by atoms with Crippen LogP contribution in [0.25, 0.3) is 21.7 Å². The van der Waals surface area contributed by atoms with Crippen molar-refractivity contribution in [3.8, 4) is 5.75 Å². The molecular weight excluding hydrogens is 390 g/mol.